The molecule has 0 amide bonds. The molecule has 4 rings (SSSR count). The van der Waals surface area contributed by atoms with Crippen LogP contribution in [-0.2, 0) is 9.59 Å². The van der Waals surface area contributed by atoms with Crippen LogP contribution in [0.1, 0.15) is 70.9 Å². The first-order valence-corrected chi connectivity index (χ1v) is 14.3. The van der Waals surface area contributed by atoms with Gasteiger partial charge in [0.1, 0.15) is 5.60 Å². The first-order chi connectivity index (χ1) is 17.0. The summed E-state index contributed by atoms with van der Waals surface area (Å²) >= 11 is 1.36. The zero-order valence-electron chi connectivity index (χ0n) is 22.5. The molecule has 6 heteroatoms. The van der Waals surface area contributed by atoms with Crippen LogP contribution in [0.25, 0.3) is 11.0 Å². The molecule has 0 bridgehead atoms. The Kier molecular flexibility index (Phi) is 7.68. The lowest BCUT2D eigenvalue weighted by Gasteiger charge is -2.47. The van der Waals surface area contributed by atoms with Crippen molar-refractivity contribution in [1.29, 1.82) is 0 Å². The van der Waals surface area contributed by atoms with E-state index in [0.717, 1.165) is 36.7 Å². The summed E-state index contributed by atoms with van der Waals surface area (Å²) in [6, 6.07) is 4.14. The molecule has 0 saturated heterocycles. The van der Waals surface area contributed by atoms with Gasteiger partial charge < -0.3 is 10.1 Å². The first-order valence-electron chi connectivity index (χ1n) is 13.3. The number of thioether (sulfide) groups is 1. The van der Waals surface area contributed by atoms with Crippen molar-refractivity contribution in [3.63, 3.8) is 0 Å². The van der Waals surface area contributed by atoms with Crippen molar-refractivity contribution < 1.29 is 14.7 Å². The zero-order chi connectivity index (χ0) is 26.3. The average molecular weight is 509 g/mol. The lowest BCUT2D eigenvalue weighted by molar-refractivity contribution is -0.141. The van der Waals surface area contributed by atoms with E-state index in [2.05, 4.69) is 55.9 Å². The van der Waals surface area contributed by atoms with Gasteiger partial charge in [-0.3, -0.25) is 9.59 Å². The number of aromatic amines is 1. The van der Waals surface area contributed by atoms with Gasteiger partial charge in [0.15, 0.2) is 16.7 Å². The Labute approximate surface area is 219 Å². The Morgan fingerprint density at radius 2 is 2.06 bits per heavy atom. The predicted octanol–water partition coefficient (Wildman–Crippen LogP) is 6.52. The van der Waals surface area contributed by atoms with E-state index in [4.69, 9.17) is 0 Å². The highest BCUT2D eigenvalue weighted by molar-refractivity contribution is 7.99. The number of rotatable bonds is 9. The van der Waals surface area contributed by atoms with Gasteiger partial charge in [-0.15, -0.1) is 0 Å². The van der Waals surface area contributed by atoms with E-state index in [1.54, 1.807) is 6.08 Å². The molecule has 1 heterocycles. The molecule has 1 fully saturated rings. The highest BCUT2D eigenvalue weighted by atomic mass is 32.2. The molecule has 1 aromatic heterocycles. The van der Waals surface area contributed by atoms with E-state index < -0.39 is 5.60 Å². The summed E-state index contributed by atoms with van der Waals surface area (Å²) in [4.78, 5) is 33.2. The van der Waals surface area contributed by atoms with Crippen LogP contribution in [0.15, 0.2) is 41.1 Å². The van der Waals surface area contributed by atoms with Crippen molar-refractivity contribution in [3.8, 4) is 0 Å². The minimum absolute atomic E-state index is 0.0855. The number of fused-ring (bicyclic) bond motifs is 2. The average Bonchev–Trinajstić information content (AvgIpc) is 3.23. The van der Waals surface area contributed by atoms with Gasteiger partial charge in [-0.25, -0.2) is 4.98 Å². The molecule has 1 aromatic carbocycles. The van der Waals surface area contributed by atoms with E-state index in [9.17, 15) is 14.7 Å². The minimum atomic E-state index is -1.36. The molecule has 5 nitrogen and oxygen atoms in total. The van der Waals surface area contributed by atoms with E-state index in [-0.39, 0.29) is 28.7 Å². The number of Topliss-reactive ketones (excluding diaryl/α,β-unsaturated/α-hetero) is 1. The second-order valence-corrected chi connectivity index (χ2v) is 12.2. The molecular formula is C30H40N2O3S. The molecule has 2 aliphatic carbocycles. The summed E-state index contributed by atoms with van der Waals surface area (Å²) in [6.07, 6.45) is 9.75. The molecule has 1 saturated carbocycles. The quantitative estimate of drug-likeness (QED) is 0.377. The summed E-state index contributed by atoms with van der Waals surface area (Å²) in [5.74, 6) is 0.887. The summed E-state index contributed by atoms with van der Waals surface area (Å²) in [5.41, 5.74) is 4.01. The molecule has 0 spiro atoms. The maximum Gasteiger partial charge on any atom is 0.178 e. The number of carbonyl (C=O) groups is 2. The fraction of sp³-hybridized carbons (Fsp3) is 0.567. The second-order valence-electron chi connectivity index (χ2n) is 11.3. The van der Waals surface area contributed by atoms with Crippen LogP contribution in [0.4, 0.5) is 0 Å². The smallest absolute Gasteiger partial charge is 0.178 e. The number of aryl methyl sites for hydroxylation is 2. The molecule has 36 heavy (non-hydrogen) atoms. The number of nitrogens with zero attached hydrogens (tertiary/aromatic N) is 1. The van der Waals surface area contributed by atoms with E-state index >= 15 is 0 Å². The number of H-pyrrole nitrogens is 1. The van der Waals surface area contributed by atoms with E-state index in [1.165, 1.54) is 28.5 Å². The molecular weight excluding hydrogens is 468 g/mol. The van der Waals surface area contributed by atoms with Crippen LogP contribution in [0.5, 0.6) is 0 Å². The van der Waals surface area contributed by atoms with Crippen LogP contribution in [0.3, 0.4) is 0 Å². The van der Waals surface area contributed by atoms with Gasteiger partial charge in [-0.1, -0.05) is 51.1 Å². The van der Waals surface area contributed by atoms with Crippen molar-refractivity contribution >= 4 is 34.4 Å². The molecule has 0 radical (unpaired) electrons. The number of benzene rings is 1. The summed E-state index contributed by atoms with van der Waals surface area (Å²) in [5, 5.41) is 12.2. The van der Waals surface area contributed by atoms with Crippen molar-refractivity contribution in [3.05, 3.63) is 47.1 Å². The molecule has 5 atom stereocenters. The first kappa shape index (κ1) is 26.9. The van der Waals surface area contributed by atoms with Crippen LogP contribution >= 0.6 is 11.8 Å². The van der Waals surface area contributed by atoms with Crippen molar-refractivity contribution in [1.82, 2.24) is 9.97 Å². The fourth-order valence-electron chi connectivity index (χ4n) is 6.26. The minimum Gasteiger partial charge on any atom is -0.382 e. The van der Waals surface area contributed by atoms with Gasteiger partial charge in [0, 0.05) is 5.41 Å². The van der Waals surface area contributed by atoms with Gasteiger partial charge in [0.2, 0.25) is 0 Å². The number of allylic oxidation sites excluding steroid dienone is 4. The maximum absolute atomic E-state index is 13.3. The Morgan fingerprint density at radius 3 is 2.78 bits per heavy atom. The lowest BCUT2D eigenvalue weighted by atomic mass is 9.57. The highest BCUT2D eigenvalue weighted by Gasteiger charge is 2.45. The third-order valence-corrected chi connectivity index (χ3v) is 9.97. The lowest BCUT2D eigenvalue weighted by Crippen LogP contribution is -2.46. The molecule has 2 aromatic rings. The van der Waals surface area contributed by atoms with Crippen molar-refractivity contribution in [2.75, 3.05) is 5.75 Å². The van der Waals surface area contributed by atoms with Gasteiger partial charge in [-0.2, -0.15) is 0 Å². The fourth-order valence-corrected chi connectivity index (χ4v) is 7.13. The Hall–Kier alpha value is -2.18. The van der Waals surface area contributed by atoms with Crippen LogP contribution < -0.4 is 0 Å². The summed E-state index contributed by atoms with van der Waals surface area (Å²) in [7, 11) is 0. The predicted molar refractivity (Wildman–Crippen MR) is 147 cm³/mol. The summed E-state index contributed by atoms with van der Waals surface area (Å²) < 4.78 is 0. The molecule has 2 N–H and O–H groups in total. The van der Waals surface area contributed by atoms with Gasteiger partial charge in [0.25, 0.3) is 0 Å². The van der Waals surface area contributed by atoms with Crippen LogP contribution in [0.2, 0.25) is 0 Å². The standard InChI is InChI=1S/C30H40N2O3S/c1-7-30(35,27(34)17-36-28-31-25-14-19(3)20(4)15-26(25)32-28)21(5)9-11-24-18(2)8-10-22-16-23(33)12-13-29(22,24)6/h12-16,18,21,24,35H,7-11,17H2,1-6H3,(H,31,32)/t18?,21?,24?,29?,30-/m1/s1. The van der Waals surface area contributed by atoms with Gasteiger partial charge in [-0.05, 0) is 99.1 Å². The van der Waals surface area contributed by atoms with Crippen LogP contribution in [-0.4, -0.2) is 38.0 Å². The second kappa shape index (κ2) is 10.3. The number of ketones is 2. The van der Waals surface area contributed by atoms with E-state index in [0.29, 0.717) is 23.4 Å². The van der Waals surface area contributed by atoms with Crippen molar-refractivity contribution in [2.24, 2.45) is 23.2 Å². The Balaban J connectivity index is 1.41. The highest BCUT2D eigenvalue weighted by Crippen LogP contribution is 2.52. The number of carbonyl (C=O) groups excluding carboxylic acids is 2. The number of nitrogens with one attached hydrogen (secondary N) is 1. The SMILES string of the molecule is CC[C@](O)(C(=O)CSc1nc2cc(C)c(C)cc2[nH]1)C(C)CCC1C(C)CCC2=CC(=O)C=CC21C. The molecule has 2 aliphatic rings. The number of aliphatic hydroxyl groups is 1. The zero-order valence-corrected chi connectivity index (χ0v) is 23.3. The monoisotopic (exact) mass is 508 g/mol. The third-order valence-electron chi connectivity index (χ3n) is 9.09. The Bertz CT molecular complexity index is 1190. The topological polar surface area (TPSA) is 83.0 Å². The van der Waals surface area contributed by atoms with Crippen LogP contribution in [0, 0.1) is 37.0 Å². The number of hydrogen-bond donors (Lipinski definition) is 2. The third kappa shape index (κ3) is 4.99. The summed E-state index contributed by atoms with van der Waals surface area (Å²) in [6.45, 7) is 12.6. The maximum atomic E-state index is 13.3. The van der Waals surface area contributed by atoms with Gasteiger partial charge in [0.05, 0.1) is 16.8 Å². The molecule has 0 aliphatic heterocycles. The van der Waals surface area contributed by atoms with E-state index in [1.807, 2.05) is 19.9 Å². The number of aromatic nitrogens is 2. The molecule has 194 valence electrons. The molecule has 4 unspecified atom stereocenters. The normalized spacial score (nSPS) is 26.4. The number of hydrogen-bond acceptors (Lipinski definition) is 5. The number of imidazole rings is 1. The Morgan fingerprint density at radius 1 is 1.33 bits per heavy atom. The van der Waals surface area contributed by atoms with Crippen molar-refractivity contribution in [2.45, 2.75) is 84.4 Å². The van der Waals surface area contributed by atoms with Gasteiger partial charge >= 0.3 is 0 Å². The largest absolute Gasteiger partial charge is 0.382 e.